The smallest absolute Gasteiger partial charge is 0.214 e. The second kappa shape index (κ2) is 8.58. The molecule has 2 aliphatic rings. The van der Waals surface area contributed by atoms with E-state index in [-0.39, 0.29) is 6.04 Å². The molecule has 0 saturated carbocycles. The monoisotopic (exact) mass is 446 g/mol. The molecule has 7 nitrogen and oxygen atoms in total. The summed E-state index contributed by atoms with van der Waals surface area (Å²) in [6.45, 7) is 0. The number of hydrogen-bond acceptors (Lipinski definition) is 7. The van der Waals surface area contributed by atoms with Crippen LogP contribution >= 0.6 is 0 Å². The molecule has 0 unspecified atom stereocenters. The standard InChI is InChI=1S/C26H26N2O5/c1-29-18-11-9-16(10-12-18)20-15-21-19-7-5-6-8-22(19)33-26(28(21)27-20)17-13-23(30-2)25(32-4)24(14-17)31-3/h5-14,21,26H,15H2,1-4H3/t21-,26-/m0/s1. The maximum atomic E-state index is 6.47. The third-order valence-corrected chi connectivity index (χ3v) is 6.09. The molecular weight excluding hydrogens is 420 g/mol. The zero-order valence-corrected chi connectivity index (χ0v) is 19.1. The molecule has 0 radical (unpaired) electrons. The zero-order valence-electron chi connectivity index (χ0n) is 19.1. The first kappa shape index (κ1) is 21.0. The summed E-state index contributed by atoms with van der Waals surface area (Å²) in [7, 11) is 6.47. The predicted molar refractivity (Wildman–Crippen MR) is 125 cm³/mol. The number of benzene rings is 3. The van der Waals surface area contributed by atoms with Gasteiger partial charge in [-0.05, 0) is 48.0 Å². The number of ether oxygens (including phenoxy) is 5. The Morgan fingerprint density at radius 2 is 1.55 bits per heavy atom. The van der Waals surface area contributed by atoms with Crippen LogP contribution in [0.3, 0.4) is 0 Å². The highest BCUT2D eigenvalue weighted by Crippen LogP contribution is 2.49. The summed E-state index contributed by atoms with van der Waals surface area (Å²) < 4.78 is 28.4. The summed E-state index contributed by atoms with van der Waals surface area (Å²) in [6, 6.07) is 20.0. The fraction of sp³-hybridized carbons (Fsp3) is 0.269. The quantitative estimate of drug-likeness (QED) is 0.533. The number of fused-ring (bicyclic) bond motifs is 3. The third-order valence-electron chi connectivity index (χ3n) is 6.09. The summed E-state index contributed by atoms with van der Waals surface area (Å²) in [5.41, 5.74) is 4.05. The van der Waals surface area contributed by atoms with Crippen molar-refractivity contribution in [1.82, 2.24) is 5.01 Å². The van der Waals surface area contributed by atoms with Gasteiger partial charge in [-0.3, -0.25) is 0 Å². The van der Waals surface area contributed by atoms with E-state index in [1.165, 1.54) is 0 Å². The molecule has 33 heavy (non-hydrogen) atoms. The Labute approximate surface area is 193 Å². The van der Waals surface area contributed by atoms with Crippen LogP contribution in [0.25, 0.3) is 0 Å². The van der Waals surface area contributed by atoms with Gasteiger partial charge in [-0.2, -0.15) is 5.10 Å². The maximum Gasteiger partial charge on any atom is 0.214 e. The summed E-state index contributed by atoms with van der Waals surface area (Å²) in [5, 5.41) is 7.05. The second-order valence-electron chi connectivity index (χ2n) is 7.84. The number of hydrazone groups is 1. The van der Waals surface area contributed by atoms with Crippen LogP contribution in [0.2, 0.25) is 0 Å². The normalized spacial score (nSPS) is 18.5. The molecule has 0 N–H and O–H groups in total. The highest BCUT2D eigenvalue weighted by molar-refractivity contribution is 6.02. The molecule has 170 valence electrons. The van der Waals surface area contributed by atoms with Crippen LogP contribution in [0.5, 0.6) is 28.7 Å². The molecule has 2 aliphatic heterocycles. The van der Waals surface area contributed by atoms with E-state index in [0.29, 0.717) is 17.2 Å². The van der Waals surface area contributed by atoms with Crippen molar-refractivity contribution in [2.24, 2.45) is 5.10 Å². The highest BCUT2D eigenvalue weighted by Gasteiger charge is 2.41. The fourth-order valence-electron chi connectivity index (χ4n) is 4.46. The topological polar surface area (TPSA) is 61.8 Å². The van der Waals surface area contributed by atoms with Gasteiger partial charge in [0.05, 0.1) is 40.2 Å². The van der Waals surface area contributed by atoms with Gasteiger partial charge >= 0.3 is 0 Å². The summed E-state index contributed by atoms with van der Waals surface area (Å²) in [5.74, 6) is 3.36. The molecule has 0 aromatic heterocycles. The number of para-hydroxylation sites is 1. The number of rotatable bonds is 6. The lowest BCUT2D eigenvalue weighted by atomic mass is 9.96. The zero-order chi connectivity index (χ0) is 22.9. The van der Waals surface area contributed by atoms with E-state index < -0.39 is 6.23 Å². The maximum absolute atomic E-state index is 6.47. The van der Waals surface area contributed by atoms with Gasteiger partial charge < -0.3 is 23.7 Å². The van der Waals surface area contributed by atoms with Crippen molar-refractivity contribution in [2.75, 3.05) is 28.4 Å². The molecule has 5 rings (SSSR count). The Balaban J connectivity index is 1.60. The van der Waals surface area contributed by atoms with Crippen LogP contribution in [0.15, 0.2) is 65.8 Å². The average molecular weight is 447 g/mol. The fourth-order valence-corrected chi connectivity index (χ4v) is 4.46. The Hall–Kier alpha value is -3.87. The van der Waals surface area contributed by atoms with Gasteiger partial charge in [0, 0.05) is 17.5 Å². The lowest BCUT2D eigenvalue weighted by Crippen LogP contribution is -2.33. The minimum Gasteiger partial charge on any atom is -0.497 e. The van der Waals surface area contributed by atoms with E-state index in [9.17, 15) is 0 Å². The van der Waals surface area contributed by atoms with Crippen LogP contribution in [-0.2, 0) is 0 Å². The first-order valence-corrected chi connectivity index (χ1v) is 10.7. The van der Waals surface area contributed by atoms with Crippen LogP contribution in [0.1, 0.15) is 35.4 Å². The van der Waals surface area contributed by atoms with E-state index >= 15 is 0 Å². The van der Waals surface area contributed by atoms with Crippen molar-refractivity contribution in [2.45, 2.75) is 18.7 Å². The van der Waals surface area contributed by atoms with Crippen molar-refractivity contribution in [1.29, 1.82) is 0 Å². The van der Waals surface area contributed by atoms with Crippen LogP contribution < -0.4 is 23.7 Å². The van der Waals surface area contributed by atoms with Gasteiger partial charge in [-0.15, -0.1) is 0 Å². The molecule has 0 fully saturated rings. The summed E-state index contributed by atoms with van der Waals surface area (Å²) >= 11 is 0. The van der Waals surface area contributed by atoms with Crippen molar-refractivity contribution in [3.05, 3.63) is 77.4 Å². The molecule has 0 bridgehead atoms. The largest absolute Gasteiger partial charge is 0.497 e. The second-order valence-corrected chi connectivity index (χ2v) is 7.84. The SMILES string of the molecule is COc1ccc(C2=NN3[C@@H](C2)c2ccccc2O[C@H]3c2cc(OC)c(OC)c(OC)c2)cc1. The molecule has 7 heteroatoms. The van der Waals surface area contributed by atoms with Gasteiger partial charge in [-0.25, -0.2) is 5.01 Å². The number of hydrogen-bond donors (Lipinski definition) is 0. The molecule has 0 aliphatic carbocycles. The lowest BCUT2D eigenvalue weighted by Gasteiger charge is -2.38. The molecule has 2 heterocycles. The van der Waals surface area contributed by atoms with Crippen molar-refractivity contribution < 1.29 is 23.7 Å². The van der Waals surface area contributed by atoms with E-state index in [0.717, 1.165) is 40.3 Å². The summed E-state index contributed by atoms with van der Waals surface area (Å²) in [6.07, 6.45) is 0.322. The highest BCUT2D eigenvalue weighted by atomic mass is 16.5. The molecule has 3 aromatic carbocycles. The minimum atomic E-state index is -0.450. The van der Waals surface area contributed by atoms with E-state index in [1.54, 1.807) is 28.4 Å². The lowest BCUT2D eigenvalue weighted by molar-refractivity contribution is -0.0192. The molecular formula is C26H26N2O5. The molecule has 2 atom stereocenters. The minimum absolute atomic E-state index is 0.0520. The van der Waals surface area contributed by atoms with Gasteiger partial charge in [0.1, 0.15) is 11.5 Å². The summed E-state index contributed by atoms with van der Waals surface area (Å²) in [4.78, 5) is 0. The molecule has 0 saturated heterocycles. The van der Waals surface area contributed by atoms with E-state index in [4.69, 9.17) is 28.8 Å². The Bertz CT molecular complexity index is 1170. The van der Waals surface area contributed by atoms with E-state index in [1.807, 2.05) is 59.6 Å². The van der Waals surface area contributed by atoms with Crippen molar-refractivity contribution in [3.8, 4) is 28.7 Å². The molecule has 0 spiro atoms. The number of methoxy groups -OCH3 is 4. The van der Waals surface area contributed by atoms with Gasteiger partial charge in [0.2, 0.25) is 12.0 Å². The van der Waals surface area contributed by atoms with E-state index in [2.05, 4.69) is 6.07 Å². The van der Waals surface area contributed by atoms with Gasteiger partial charge in [0.25, 0.3) is 0 Å². The van der Waals surface area contributed by atoms with Gasteiger partial charge in [0.15, 0.2) is 11.5 Å². The molecule has 3 aromatic rings. The van der Waals surface area contributed by atoms with Crippen LogP contribution in [0, 0.1) is 0 Å². The number of nitrogens with zero attached hydrogens (tertiary/aromatic N) is 2. The van der Waals surface area contributed by atoms with Crippen molar-refractivity contribution in [3.63, 3.8) is 0 Å². The van der Waals surface area contributed by atoms with Crippen LogP contribution in [0.4, 0.5) is 0 Å². The average Bonchev–Trinajstić information content (AvgIpc) is 3.33. The first-order valence-electron chi connectivity index (χ1n) is 10.7. The predicted octanol–water partition coefficient (Wildman–Crippen LogP) is 4.96. The van der Waals surface area contributed by atoms with Gasteiger partial charge in [-0.1, -0.05) is 18.2 Å². The first-order chi connectivity index (χ1) is 16.2. The Morgan fingerprint density at radius 3 is 2.18 bits per heavy atom. The van der Waals surface area contributed by atoms with Crippen LogP contribution in [-0.4, -0.2) is 39.2 Å². The molecule has 0 amide bonds. The third kappa shape index (κ3) is 3.59. The van der Waals surface area contributed by atoms with Crippen molar-refractivity contribution >= 4 is 5.71 Å². The Morgan fingerprint density at radius 1 is 0.848 bits per heavy atom. The Kier molecular flexibility index (Phi) is 5.46.